The van der Waals surface area contributed by atoms with E-state index in [1.54, 1.807) is 35.5 Å². The molecule has 0 unspecified atom stereocenters. The standard InChI is InChI=1S/C110H140O10/c1-101(2,3)61-36-41-86(111)71(46-61)91-76-51-66(106(16,17)18)53-78(96(76)116-31)92(72-47-62(102(4,5)6)37-42-87(72)112)80-55-68(108(22,23)24)57-82(98(80)118-33)94(74-49-64(104(10,11)12)39-44-89(74)114)84-59-70(110(28,29)30)60-85(100(84)120-35)95(75-50-65(105(13,14)15)40-45-90(75)115)83-58-69(109(25,26)27)56-81(99(83)119-34)93(73-48-63(103(7,8)9)38-43-88(73)113)79-54-67(107(19,20)21)52-77(91)97(79)117-32/h36-60,91-95,111-115H,1-35H3. The second kappa shape index (κ2) is 31.9. The van der Waals surface area contributed by atoms with Gasteiger partial charge in [0.15, 0.2) is 0 Å². The van der Waals surface area contributed by atoms with Gasteiger partial charge in [0.05, 0.1) is 35.5 Å². The van der Waals surface area contributed by atoms with Crippen LogP contribution < -0.4 is 23.7 Å². The molecule has 5 N–H and O–H groups in total. The molecule has 10 aromatic rings. The van der Waals surface area contributed by atoms with Crippen LogP contribution in [0.5, 0.6) is 57.5 Å². The minimum Gasteiger partial charge on any atom is -0.508 e. The lowest BCUT2D eigenvalue weighted by Gasteiger charge is -2.36. The van der Waals surface area contributed by atoms with Gasteiger partial charge in [-0.1, -0.05) is 329 Å². The number of phenolic OH excluding ortho intramolecular Hbond substituents is 5. The molecule has 0 fully saturated rings. The molecule has 0 aromatic heterocycles. The minimum atomic E-state index is -0.939. The summed E-state index contributed by atoms with van der Waals surface area (Å²) >= 11 is 0. The van der Waals surface area contributed by atoms with Gasteiger partial charge in [-0.25, -0.2) is 0 Å². The third-order valence-electron chi connectivity index (χ3n) is 25.2. The third-order valence-corrected chi connectivity index (χ3v) is 25.2. The van der Waals surface area contributed by atoms with Crippen LogP contribution in [-0.2, 0) is 54.1 Å². The van der Waals surface area contributed by atoms with E-state index in [0.29, 0.717) is 112 Å². The van der Waals surface area contributed by atoms with Crippen molar-refractivity contribution < 1.29 is 49.2 Å². The van der Waals surface area contributed by atoms with Crippen LogP contribution in [0.3, 0.4) is 0 Å². The first-order valence-corrected chi connectivity index (χ1v) is 43.0. The van der Waals surface area contributed by atoms with E-state index in [9.17, 15) is 25.5 Å². The molecule has 10 heteroatoms. The van der Waals surface area contributed by atoms with Gasteiger partial charge in [-0.15, -0.1) is 0 Å². The second-order valence-corrected chi connectivity index (χ2v) is 44.5. The molecule has 0 spiro atoms. The maximum Gasteiger partial charge on any atom is 0.127 e. The number of hydrogen-bond donors (Lipinski definition) is 5. The van der Waals surface area contributed by atoms with E-state index in [0.717, 1.165) is 55.6 Å². The van der Waals surface area contributed by atoms with Gasteiger partial charge in [0, 0.05) is 113 Å². The maximum absolute atomic E-state index is 13.6. The Morgan fingerprint density at radius 2 is 0.258 bits per heavy atom. The fourth-order valence-corrected chi connectivity index (χ4v) is 17.6. The van der Waals surface area contributed by atoms with Crippen LogP contribution in [0, 0.1) is 0 Å². The summed E-state index contributed by atoms with van der Waals surface area (Å²) in [5, 5.41) is 67.8. The Morgan fingerprint density at radius 1 is 0.158 bits per heavy atom. The van der Waals surface area contributed by atoms with Crippen LogP contribution in [0.4, 0.5) is 0 Å². The molecule has 10 nitrogen and oxygen atoms in total. The number of hydrogen-bond acceptors (Lipinski definition) is 10. The average Bonchev–Trinajstić information content (AvgIpc) is 0.720. The first kappa shape index (κ1) is 91.0. The molecule has 120 heavy (non-hydrogen) atoms. The Bertz CT molecular complexity index is 4610. The monoisotopic (exact) mass is 1620 g/mol. The van der Waals surface area contributed by atoms with Crippen molar-refractivity contribution in [2.45, 2.75) is 291 Å². The van der Waals surface area contributed by atoms with Crippen LogP contribution in [-0.4, -0.2) is 61.1 Å². The lowest BCUT2D eigenvalue weighted by Crippen LogP contribution is -2.22. The summed E-state index contributed by atoms with van der Waals surface area (Å²) in [6.45, 7) is 66.3. The first-order valence-electron chi connectivity index (χ1n) is 43.0. The maximum atomic E-state index is 13.6. The summed E-state index contributed by atoms with van der Waals surface area (Å²) in [5.41, 5.74) is 14.4. The molecule has 0 aliphatic heterocycles. The SMILES string of the molecule is COc1c2cc(C(C)(C)C)cc1C(c1cc(C(C)(C)C)ccc1O)c1cc(C(C)(C)C)cc(c1OC)C(c1cc(C(C)(C)C)ccc1O)c1cc(C(C)(C)C)cc(c1OC)C(c1cc(C(C)(C)C)ccc1O)c1cc(C(C)(C)C)cc(c1OC)C(c1cc(C(C)(C)C)ccc1O)c1cc(C(C)(C)C)cc(c1OC)C2c1cc(C(C)(C)C)ccc1O. The van der Waals surface area contributed by atoms with E-state index in [4.69, 9.17) is 23.7 Å². The number of phenols is 5. The number of fused-ring (bicyclic) bond motifs is 10. The number of ether oxygens (including phenoxy) is 5. The van der Waals surface area contributed by atoms with Crippen LogP contribution in [0.1, 0.15) is 376 Å². The predicted octanol–water partition coefficient (Wildman–Crippen LogP) is 27.4. The molecular weight excluding hydrogens is 1480 g/mol. The lowest BCUT2D eigenvalue weighted by molar-refractivity contribution is 0.386. The predicted molar refractivity (Wildman–Crippen MR) is 497 cm³/mol. The largest absolute Gasteiger partial charge is 0.508 e. The molecule has 0 heterocycles. The second-order valence-electron chi connectivity index (χ2n) is 44.5. The summed E-state index contributed by atoms with van der Waals surface area (Å²) in [7, 11) is 8.67. The fourth-order valence-electron chi connectivity index (χ4n) is 17.6. The van der Waals surface area contributed by atoms with E-state index in [-0.39, 0.29) is 28.7 Å². The molecule has 0 saturated carbocycles. The molecule has 0 radical (unpaired) electrons. The van der Waals surface area contributed by atoms with Gasteiger partial charge in [-0.2, -0.15) is 0 Å². The van der Waals surface area contributed by atoms with Crippen LogP contribution in [0.25, 0.3) is 0 Å². The highest BCUT2D eigenvalue weighted by atomic mass is 16.5. The molecule has 1 aliphatic rings. The summed E-state index contributed by atoms with van der Waals surface area (Å²) in [4.78, 5) is 0. The van der Waals surface area contributed by atoms with Gasteiger partial charge in [0.2, 0.25) is 0 Å². The summed E-state index contributed by atoms with van der Waals surface area (Å²) < 4.78 is 37.3. The Hall–Kier alpha value is -9.80. The first-order chi connectivity index (χ1) is 55.2. The smallest absolute Gasteiger partial charge is 0.127 e. The van der Waals surface area contributed by atoms with Gasteiger partial charge in [0.25, 0.3) is 0 Å². The Kier molecular flexibility index (Phi) is 24.2. The van der Waals surface area contributed by atoms with Crippen molar-refractivity contribution in [1.29, 1.82) is 0 Å². The molecule has 0 amide bonds. The molecule has 11 rings (SSSR count). The van der Waals surface area contributed by atoms with Crippen LogP contribution >= 0.6 is 0 Å². The molecule has 10 bridgehead atoms. The highest BCUT2D eigenvalue weighted by Crippen LogP contribution is 2.61. The van der Waals surface area contributed by atoms with Crippen molar-refractivity contribution in [3.63, 3.8) is 0 Å². The molecule has 10 aromatic carbocycles. The van der Waals surface area contributed by atoms with E-state index >= 15 is 0 Å². The number of aromatic hydroxyl groups is 5. The van der Waals surface area contributed by atoms with Crippen molar-refractivity contribution >= 4 is 0 Å². The van der Waals surface area contributed by atoms with Crippen molar-refractivity contribution in [2.75, 3.05) is 35.5 Å². The van der Waals surface area contributed by atoms with E-state index < -0.39 is 83.7 Å². The molecular formula is C110H140O10. The number of methoxy groups -OCH3 is 5. The normalized spacial score (nSPS) is 16.7. The summed E-state index contributed by atoms with van der Waals surface area (Å²) in [6.07, 6.45) is 0. The fraction of sp³-hybridized carbons (Fsp3) is 0.455. The van der Waals surface area contributed by atoms with Gasteiger partial charge in [-0.05, 0) is 140 Å². The average molecular weight is 1620 g/mol. The lowest BCUT2D eigenvalue weighted by atomic mass is 9.69. The molecule has 640 valence electrons. The van der Waals surface area contributed by atoms with E-state index in [1.165, 1.54) is 0 Å². The van der Waals surface area contributed by atoms with Crippen molar-refractivity contribution in [3.05, 3.63) is 291 Å². The van der Waals surface area contributed by atoms with Crippen LogP contribution in [0.15, 0.2) is 152 Å². The van der Waals surface area contributed by atoms with Gasteiger partial charge >= 0.3 is 0 Å². The highest BCUT2D eigenvalue weighted by Gasteiger charge is 2.44. The minimum absolute atomic E-state index is 0.0485. The summed E-state index contributed by atoms with van der Waals surface area (Å²) in [6, 6.07) is 52.6. The summed E-state index contributed by atoms with van der Waals surface area (Å²) in [5.74, 6) is -2.02. The van der Waals surface area contributed by atoms with Gasteiger partial charge in [0.1, 0.15) is 57.5 Å². The van der Waals surface area contributed by atoms with Gasteiger partial charge in [-0.3, -0.25) is 0 Å². The zero-order valence-corrected chi connectivity index (χ0v) is 79.1. The third kappa shape index (κ3) is 17.7. The Morgan fingerprint density at radius 3 is 0.350 bits per heavy atom. The van der Waals surface area contributed by atoms with E-state index in [2.05, 4.69) is 299 Å². The Labute approximate surface area is 720 Å². The Balaban J connectivity index is 1.60. The zero-order chi connectivity index (χ0) is 89.3. The van der Waals surface area contributed by atoms with E-state index in [1.807, 2.05) is 60.7 Å². The number of rotatable bonds is 10. The van der Waals surface area contributed by atoms with Crippen molar-refractivity contribution in [1.82, 2.24) is 0 Å². The quantitative estimate of drug-likeness (QED) is 0.0897. The zero-order valence-electron chi connectivity index (χ0n) is 79.1. The topological polar surface area (TPSA) is 147 Å². The molecule has 0 atom stereocenters. The van der Waals surface area contributed by atoms with Crippen LogP contribution in [0.2, 0.25) is 0 Å². The number of benzene rings is 10. The molecule has 1 aliphatic carbocycles. The molecule has 0 saturated heterocycles. The van der Waals surface area contributed by atoms with Crippen molar-refractivity contribution in [3.8, 4) is 57.5 Å². The van der Waals surface area contributed by atoms with Gasteiger partial charge < -0.3 is 49.2 Å². The highest BCUT2D eigenvalue weighted by molar-refractivity contribution is 5.74. The van der Waals surface area contributed by atoms with Crippen molar-refractivity contribution in [2.24, 2.45) is 0 Å².